The molecule has 0 spiro atoms. The molecule has 2 aliphatic heterocycles. The molecule has 2 aliphatic rings. The Labute approximate surface area is 140 Å². The third-order valence-electron chi connectivity index (χ3n) is 4.06. The highest BCUT2D eigenvalue weighted by Crippen LogP contribution is 2.29. The second kappa shape index (κ2) is 6.06. The summed E-state index contributed by atoms with van der Waals surface area (Å²) in [6, 6.07) is 4.22. The predicted molar refractivity (Wildman–Crippen MR) is 83.1 cm³/mol. The van der Waals surface area contributed by atoms with Gasteiger partial charge in [-0.2, -0.15) is 4.31 Å². The fraction of sp³-hybridized carbons (Fsp3) is 0.467. The molecule has 24 heavy (non-hydrogen) atoms. The summed E-state index contributed by atoms with van der Waals surface area (Å²) in [7, 11) is -3.67. The van der Waals surface area contributed by atoms with Crippen LogP contribution < -0.4 is 4.74 Å². The first kappa shape index (κ1) is 16.7. The van der Waals surface area contributed by atoms with Gasteiger partial charge in [0.1, 0.15) is 5.75 Å². The number of hydrogen-bond acceptors (Lipinski definition) is 6. The third-order valence-corrected chi connectivity index (χ3v) is 5.89. The average molecular weight is 354 g/mol. The van der Waals surface area contributed by atoms with Crippen molar-refractivity contribution >= 4 is 22.0 Å². The van der Waals surface area contributed by atoms with Crippen molar-refractivity contribution in [1.29, 1.82) is 0 Å². The Kier molecular flexibility index (Phi) is 4.22. The molecule has 1 aromatic rings. The van der Waals surface area contributed by atoms with Crippen LogP contribution in [0.1, 0.15) is 12.5 Å². The molecule has 0 N–H and O–H groups in total. The van der Waals surface area contributed by atoms with Gasteiger partial charge in [-0.1, -0.05) is 0 Å². The molecule has 0 saturated carbocycles. The van der Waals surface area contributed by atoms with Gasteiger partial charge in [0, 0.05) is 13.1 Å². The van der Waals surface area contributed by atoms with E-state index in [0.717, 1.165) is 10.5 Å². The zero-order valence-electron chi connectivity index (χ0n) is 13.4. The van der Waals surface area contributed by atoms with Crippen LogP contribution in [0.2, 0.25) is 0 Å². The van der Waals surface area contributed by atoms with E-state index in [2.05, 4.69) is 4.74 Å². The van der Waals surface area contributed by atoms with Crippen molar-refractivity contribution in [1.82, 2.24) is 9.21 Å². The molecule has 9 heteroatoms. The zero-order valence-corrected chi connectivity index (χ0v) is 14.2. The van der Waals surface area contributed by atoms with Crippen LogP contribution in [0.3, 0.4) is 0 Å². The number of sulfonamides is 1. The fourth-order valence-electron chi connectivity index (χ4n) is 2.74. The van der Waals surface area contributed by atoms with E-state index in [-0.39, 0.29) is 24.6 Å². The number of amides is 2. The normalized spacial score (nSPS) is 19.3. The molecule has 1 aromatic carbocycles. The minimum Gasteiger partial charge on any atom is -0.494 e. The lowest BCUT2D eigenvalue weighted by Crippen LogP contribution is -2.62. The first-order valence-electron chi connectivity index (χ1n) is 7.57. The quantitative estimate of drug-likeness (QED) is 0.774. The lowest BCUT2D eigenvalue weighted by atomic mass is 10.1. The highest BCUT2D eigenvalue weighted by Gasteiger charge is 2.46. The number of imide groups is 1. The minimum atomic E-state index is -3.67. The average Bonchev–Trinajstić information content (AvgIpc) is 2.80. The van der Waals surface area contributed by atoms with Crippen LogP contribution in [-0.2, 0) is 19.6 Å². The molecule has 0 aliphatic carbocycles. The Balaban J connectivity index is 1.73. The Bertz CT molecular complexity index is 769. The monoisotopic (exact) mass is 354 g/mol. The van der Waals surface area contributed by atoms with Crippen molar-refractivity contribution < 1.29 is 27.5 Å². The largest absolute Gasteiger partial charge is 0.494 e. The van der Waals surface area contributed by atoms with Gasteiger partial charge in [-0.15, -0.1) is 0 Å². The van der Waals surface area contributed by atoms with Crippen LogP contribution in [0.4, 0.5) is 4.79 Å². The van der Waals surface area contributed by atoms with Gasteiger partial charge >= 0.3 is 6.09 Å². The van der Waals surface area contributed by atoms with Gasteiger partial charge in [-0.3, -0.25) is 4.79 Å². The lowest BCUT2D eigenvalue weighted by Gasteiger charge is -2.40. The Morgan fingerprint density at radius 1 is 1.29 bits per heavy atom. The SMILES string of the molecule is CCOc1ccc(S(=O)(=O)N2CC(N3C(=O)COC3=O)C2)cc1C. The van der Waals surface area contributed by atoms with Crippen LogP contribution in [0.15, 0.2) is 23.1 Å². The van der Waals surface area contributed by atoms with E-state index in [1.54, 1.807) is 19.1 Å². The number of benzene rings is 1. The molecule has 0 atom stereocenters. The summed E-state index contributed by atoms with van der Waals surface area (Å²) in [5, 5.41) is 0. The first-order valence-corrected chi connectivity index (χ1v) is 9.01. The molecule has 3 rings (SSSR count). The summed E-state index contributed by atoms with van der Waals surface area (Å²) in [6.07, 6.45) is -0.709. The number of nitrogens with zero attached hydrogens (tertiary/aromatic N) is 2. The number of aryl methyl sites for hydroxylation is 1. The van der Waals surface area contributed by atoms with Crippen molar-refractivity contribution in [3.05, 3.63) is 23.8 Å². The molecule has 2 fully saturated rings. The Hall–Kier alpha value is -2.13. The highest BCUT2D eigenvalue weighted by molar-refractivity contribution is 7.89. The van der Waals surface area contributed by atoms with E-state index in [1.165, 1.54) is 10.4 Å². The molecule has 0 unspecified atom stereocenters. The molecule has 2 amide bonds. The van der Waals surface area contributed by atoms with Crippen molar-refractivity contribution in [2.75, 3.05) is 26.3 Å². The van der Waals surface area contributed by atoms with Crippen LogP contribution in [-0.4, -0.2) is 62.0 Å². The van der Waals surface area contributed by atoms with Crippen LogP contribution in [0.5, 0.6) is 5.75 Å². The molecule has 0 aromatic heterocycles. The van der Waals surface area contributed by atoms with Gasteiger partial charge in [0.05, 0.1) is 17.5 Å². The van der Waals surface area contributed by atoms with Crippen LogP contribution >= 0.6 is 0 Å². The van der Waals surface area contributed by atoms with Crippen LogP contribution in [0.25, 0.3) is 0 Å². The summed E-state index contributed by atoms with van der Waals surface area (Å²) in [4.78, 5) is 24.2. The fourth-order valence-corrected chi connectivity index (χ4v) is 4.34. The van der Waals surface area contributed by atoms with Crippen molar-refractivity contribution in [2.45, 2.75) is 24.8 Å². The summed E-state index contributed by atoms with van der Waals surface area (Å²) < 4.78 is 36.5. The maximum Gasteiger partial charge on any atom is 0.417 e. The number of hydrogen-bond donors (Lipinski definition) is 0. The highest BCUT2D eigenvalue weighted by atomic mass is 32.2. The molecule has 0 bridgehead atoms. The van der Waals surface area contributed by atoms with Gasteiger partial charge in [0.25, 0.3) is 5.91 Å². The molecule has 2 saturated heterocycles. The second-order valence-corrected chi connectivity index (χ2v) is 7.59. The molecule has 0 radical (unpaired) electrons. The van der Waals surface area contributed by atoms with Crippen molar-refractivity contribution in [2.24, 2.45) is 0 Å². The van der Waals surface area contributed by atoms with Gasteiger partial charge < -0.3 is 9.47 Å². The Morgan fingerprint density at radius 3 is 2.54 bits per heavy atom. The van der Waals surface area contributed by atoms with E-state index in [1.807, 2.05) is 6.92 Å². The summed E-state index contributed by atoms with van der Waals surface area (Å²) in [6.45, 7) is 4.02. The topological polar surface area (TPSA) is 93.2 Å². The Morgan fingerprint density at radius 2 is 2.00 bits per heavy atom. The van der Waals surface area contributed by atoms with Gasteiger partial charge in [0.15, 0.2) is 6.61 Å². The molecule has 2 heterocycles. The number of rotatable bonds is 5. The molecular formula is C15H18N2O6S. The minimum absolute atomic E-state index is 0.0788. The predicted octanol–water partition coefficient (Wildman–Crippen LogP) is 0.745. The van der Waals surface area contributed by atoms with E-state index >= 15 is 0 Å². The maximum absolute atomic E-state index is 12.6. The van der Waals surface area contributed by atoms with Crippen molar-refractivity contribution in [3.63, 3.8) is 0 Å². The standard InChI is InChI=1S/C15H18N2O6S/c1-3-22-13-5-4-12(6-10(13)2)24(20,21)16-7-11(8-16)17-14(18)9-23-15(17)19/h4-6,11H,3,7-9H2,1-2H3. The summed E-state index contributed by atoms with van der Waals surface area (Å²) in [5.74, 6) is 0.210. The number of cyclic esters (lactones) is 1. The van der Waals surface area contributed by atoms with E-state index in [9.17, 15) is 18.0 Å². The third kappa shape index (κ3) is 2.73. The van der Waals surface area contributed by atoms with E-state index in [4.69, 9.17) is 4.74 Å². The number of carbonyl (C=O) groups is 2. The molecular weight excluding hydrogens is 336 g/mol. The van der Waals surface area contributed by atoms with E-state index < -0.39 is 28.1 Å². The number of ether oxygens (including phenoxy) is 2. The van der Waals surface area contributed by atoms with Crippen molar-refractivity contribution in [3.8, 4) is 5.75 Å². The van der Waals surface area contributed by atoms with Crippen LogP contribution in [0, 0.1) is 6.92 Å². The van der Waals surface area contributed by atoms with E-state index in [0.29, 0.717) is 12.4 Å². The zero-order chi connectivity index (χ0) is 17.5. The summed E-state index contributed by atoms with van der Waals surface area (Å²) >= 11 is 0. The summed E-state index contributed by atoms with van der Waals surface area (Å²) in [5.41, 5.74) is 0.730. The van der Waals surface area contributed by atoms with Gasteiger partial charge in [-0.25, -0.2) is 18.1 Å². The molecule has 130 valence electrons. The first-order chi connectivity index (χ1) is 11.3. The lowest BCUT2D eigenvalue weighted by molar-refractivity contribution is -0.128. The smallest absolute Gasteiger partial charge is 0.417 e. The number of carbonyl (C=O) groups excluding carboxylic acids is 2. The molecule has 8 nitrogen and oxygen atoms in total. The van der Waals surface area contributed by atoms with Gasteiger partial charge in [-0.05, 0) is 37.6 Å². The maximum atomic E-state index is 12.6. The second-order valence-electron chi connectivity index (χ2n) is 5.65. The van der Waals surface area contributed by atoms with Gasteiger partial charge in [0.2, 0.25) is 10.0 Å².